The molecule has 1 amide bonds. The highest BCUT2D eigenvalue weighted by Crippen LogP contribution is 2.19. The van der Waals surface area contributed by atoms with Crippen LogP contribution < -0.4 is 5.32 Å². The molecule has 0 bridgehead atoms. The molecule has 0 aliphatic carbocycles. The summed E-state index contributed by atoms with van der Waals surface area (Å²) in [5.41, 5.74) is 2.44. The van der Waals surface area contributed by atoms with Crippen molar-refractivity contribution >= 4 is 17.5 Å². The Balaban J connectivity index is 2.34. The van der Waals surface area contributed by atoms with Gasteiger partial charge in [-0.15, -0.1) is 0 Å². The molecule has 1 aromatic heterocycles. The molecule has 1 N–H and O–H groups in total. The molecule has 0 fully saturated rings. The quantitative estimate of drug-likeness (QED) is 0.878. The van der Waals surface area contributed by atoms with Crippen molar-refractivity contribution in [1.29, 1.82) is 0 Å². The van der Waals surface area contributed by atoms with E-state index in [2.05, 4.69) is 31.2 Å². The number of nitrogens with zero attached hydrogens (tertiary/aromatic N) is 2. The van der Waals surface area contributed by atoms with E-state index in [9.17, 15) is 4.79 Å². The zero-order valence-corrected chi connectivity index (χ0v) is 14.0. The zero-order chi connectivity index (χ0) is 16.1. The van der Waals surface area contributed by atoms with E-state index in [1.54, 1.807) is 10.9 Å². The number of halogens is 1. The summed E-state index contributed by atoms with van der Waals surface area (Å²) in [5, 5.41) is 8.00. The predicted molar refractivity (Wildman–Crippen MR) is 89.7 cm³/mol. The second kappa shape index (κ2) is 7.45. The number of nitrogens with one attached hydrogen (secondary N) is 1. The summed E-state index contributed by atoms with van der Waals surface area (Å²) in [6.07, 6.45) is 3.37. The van der Waals surface area contributed by atoms with Gasteiger partial charge in [-0.05, 0) is 30.5 Å². The van der Waals surface area contributed by atoms with E-state index in [-0.39, 0.29) is 5.91 Å². The second-order valence-electron chi connectivity index (χ2n) is 5.75. The molecular weight excluding hydrogens is 298 g/mol. The first-order valence-electron chi connectivity index (χ1n) is 7.64. The van der Waals surface area contributed by atoms with Gasteiger partial charge in [0, 0.05) is 11.6 Å². The van der Waals surface area contributed by atoms with Crippen molar-refractivity contribution in [3.8, 4) is 5.69 Å². The minimum atomic E-state index is -0.0644. The van der Waals surface area contributed by atoms with Crippen LogP contribution in [0.4, 0.5) is 0 Å². The van der Waals surface area contributed by atoms with Crippen LogP contribution in [-0.4, -0.2) is 22.2 Å². The molecular formula is C17H22ClN3O. The minimum Gasteiger partial charge on any atom is -0.352 e. The largest absolute Gasteiger partial charge is 0.352 e. The molecule has 22 heavy (non-hydrogen) atoms. The SMILES string of the molecule is CCCc1c(C(=O)NCC(C)C)cnn1-c1cccc(Cl)c1. The van der Waals surface area contributed by atoms with E-state index < -0.39 is 0 Å². The van der Waals surface area contributed by atoms with E-state index in [1.807, 2.05) is 24.3 Å². The number of hydrogen-bond acceptors (Lipinski definition) is 2. The average molecular weight is 320 g/mol. The van der Waals surface area contributed by atoms with Crippen LogP contribution in [0.1, 0.15) is 43.2 Å². The molecule has 1 aromatic carbocycles. The van der Waals surface area contributed by atoms with Crippen LogP contribution in [0.25, 0.3) is 5.69 Å². The Morgan fingerprint density at radius 1 is 1.41 bits per heavy atom. The van der Waals surface area contributed by atoms with Gasteiger partial charge in [0.05, 0.1) is 23.1 Å². The van der Waals surface area contributed by atoms with Crippen LogP contribution in [0.15, 0.2) is 30.5 Å². The van der Waals surface area contributed by atoms with E-state index in [0.717, 1.165) is 24.2 Å². The second-order valence-corrected chi connectivity index (χ2v) is 6.19. The molecule has 5 heteroatoms. The van der Waals surface area contributed by atoms with Crippen molar-refractivity contribution < 1.29 is 4.79 Å². The molecule has 0 atom stereocenters. The minimum absolute atomic E-state index is 0.0644. The lowest BCUT2D eigenvalue weighted by molar-refractivity contribution is 0.0948. The number of carbonyl (C=O) groups is 1. The predicted octanol–water partition coefficient (Wildman–Crippen LogP) is 3.86. The topological polar surface area (TPSA) is 46.9 Å². The van der Waals surface area contributed by atoms with Gasteiger partial charge >= 0.3 is 0 Å². The smallest absolute Gasteiger partial charge is 0.254 e. The van der Waals surface area contributed by atoms with Gasteiger partial charge in [0.15, 0.2) is 0 Å². The summed E-state index contributed by atoms with van der Waals surface area (Å²) in [6, 6.07) is 7.50. The van der Waals surface area contributed by atoms with Crippen molar-refractivity contribution in [3.05, 3.63) is 46.7 Å². The summed E-state index contributed by atoms with van der Waals surface area (Å²) in [4.78, 5) is 12.4. The Kier molecular flexibility index (Phi) is 5.61. The molecule has 0 unspecified atom stereocenters. The van der Waals surface area contributed by atoms with Gasteiger partial charge in [-0.3, -0.25) is 4.79 Å². The third-order valence-corrected chi connectivity index (χ3v) is 3.56. The lowest BCUT2D eigenvalue weighted by Crippen LogP contribution is -2.28. The molecule has 0 aliphatic heterocycles. The van der Waals surface area contributed by atoms with Gasteiger partial charge in [-0.25, -0.2) is 4.68 Å². The van der Waals surface area contributed by atoms with Gasteiger partial charge < -0.3 is 5.32 Å². The van der Waals surface area contributed by atoms with Crippen LogP contribution in [0, 0.1) is 5.92 Å². The summed E-state index contributed by atoms with van der Waals surface area (Å²) in [5.74, 6) is 0.354. The van der Waals surface area contributed by atoms with Crippen LogP contribution in [-0.2, 0) is 6.42 Å². The maximum atomic E-state index is 12.4. The van der Waals surface area contributed by atoms with Gasteiger partial charge in [0.2, 0.25) is 0 Å². The van der Waals surface area contributed by atoms with E-state index in [4.69, 9.17) is 11.6 Å². The number of carbonyl (C=O) groups excluding carboxylic acids is 1. The normalized spacial score (nSPS) is 11.0. The van der Waals surface area contributed by atoms with E-state index >= 15 is 0 Å². The number of aromatic nitrogens is 2. The Bertz CT molecular complexity index is 649. The summed E-state index contributed by atoms with van der Waals surface area (Å²) in [6.45, 7) is 6.89. The molecule has 0 saturated heterocycles. The highest BCUT2D eigenvalue weighted by Gasteiger charge is 2.17. The third-order valence-electron chi connectivity index (χ3n) is 3.32. The maximum absolute atomic E-state index is 12.4. The van der Waals surface area contributed by atoms with Crippen molar-refractivity contribution in [3.63, 3.8) is 0 Å². The van der Waals surface area contributed by atoms with Gasteiger partial charge in [-0.2, -0.15) is 5.10 Å². The highest BCUT2D eigenvalue weighted by molar-refractivity contribution is 6.30. The first-order valence-corrected chi connectivity index (χ1v) is 8.01. The van der Waals surface area contributed by atoms with Crippen LogP contribution >= 0.6 is 11.6 Å². The van der Waals surface area contributed by atoms with E-state index in [1.165, 1.54) is 0 Å². The monoisotopic (exact) mass is 319 g/mol. The highest BCUT2D eigenvalue weighted by atomic mass is 35.5. The summed E-state index contributed by atoms with van der Waals surface area (Å²) < 4.78 is 1.81. The maximum Gasteiger partial charge on any atom is 0.254 e. The number of benzene rings is 1. The molecule has 0 spiro atoms. The molecule has 2 rings (SSSR count). The van der Waals surface area contributed by atoms with Gasteiger partial charge in [0.25, 0.3) is 5.91 Å². The standard InChI is InChI=1S/C17H22ClN3O/c1-4-6-16-15(17(22)19-10-12(2)3)11-20-21(16)14-8-5-7-13(18)9-14/h5,7-9,11-12H,4,6,10H2,1-3H3,(H,19,22). The van der Waals surface area contributed by atoms with Gasteiger partial charge in [0.1, 0.15) is 0 Å². The lowest BCUT2D eigenvalue weighted by Gasteiger charge is -2.10. The molecule has 2 aromatic rings. The first-order chi connectivity index (χ1) is 10.5. The summed E-state index contributed by atoms with van der Waals surface area (Å²) >= 11 is 6.06. The summed E-state index contributed by atoms with van der Waals surface area (Å²) in [7, 11) is 0. The fourth-order valence-electron chi connectivity index (χ4n) is 2.26. The molecule has 4 nitrogen and oxygen atoms in total. The number of amides is 1. The van der Waals surface area contributed by atoms with Crippen LogP contribution in [0.5, 0.6) is 0 Å². The van der Waals surface area contributed by atoms with Crippen LogP contribution in [0.3, 0.4) is 0 Å². The Morgan fingerprint density at radius 2 is 2.18 bits per heavy atom. The Hall–Kier alpha value is -1.81. The number of hydrogen-bond donors (Lipinski definition) is 1. The fourth-order valence-corrected chi connectivity index (χ4v) is 2.45. The fraction of sp³-hybridized carbons (Fsp3) is 0.412. The molecule has 0 radical (unpaired) electrons. The van der Waals surface area contributed by atoms with Crippen molar-refractivity contribution in [2.75, 3.05) is 6.54 Å². The molecule has 0 saturated carbocycles. The third kappa shape index (κ3) is 3.89. The molecule has 118 valence electrons. The van der Waals surface area contributed by atoms with Crippen LogP contribution in [0.2, 0.25) is 5.02 Å². The average Bonchev–Trinajstić information content (AvgIpc) is 2.89. The zero-order valence-electron chi connectivity index (χ0n) is 13.3. The molecule has 1 heterocycles. The van der Waals surface area contributed by atoms with Crippen molar-refractivity contribution in [2.24, 2.45) is 5.92 Å². The first kappa shape index (κ1) is 16.6. The number of rotatable bonds is 6. The Labute approximate surface area is 136 Å². The van der Waals surface area contributed by atoms with Gasteiger partial charge in [-0.1, -0.05) is 44.9 Å². The lowest BCUT2D eigenvalue weighted by atomic mass is 10.1. The Morgan fingerprint density at radius 3 is 2.82 bits per heavy atom. The molecule has 0 aliphatic rings. The van der Waals surface area contributed by atoms with Crippen molar-refractivity contribution in [1.82, 2.24) is 15.1 Å². The van der Waals surface area contributed by atoms with Crippen molar-refractivity contribution in [2.45, 2.75) is 33.6 Å². The van der Waals surface area contributed by atoms with E-state index in [0.29, 0.717) is 23.0 Å².